The fourth-order valence-electron chi connectivity index (χ4n) is 2.13. The van der Waals surface area contributed by atoms with Crippen molar-refractivity contribution in [3.8, 4) is 0 Å². The topological polar surface area (TPSA) is 58.7 Å². The standard InChI is InChI=1S/C13H15ClFN3O/c1-7(2)6-18-11(12(16)17-13(18)19)9-4-3-8(14)5-10(9)15/h3-5,7,11H,6H2,1-2H3,(H2,16,17,19). The van der Waals surface area contributed by atoms with E-state index in [0.717, 1.165) is 0 Å². The summed E-state index contributed by atoms with van der Waals surface area (Å²) in [5.74, 6) is -0.131. The van der Waals surface area contributed by atoms with E-state index in [4.69, 9.17) is 17.3 Å². The van der Waals surface area contributed by atoms with Gasteiger partial charge in [0.1, 0.15) is 17.7 Å². The van der Waals surface area contributed by atoms with Crippen LogP contribution < -0.4 is 5.73 Å². The molecule has 0 fully saturated rings. The van der Waals surface area contributed by atoms with E-state index in [1.807, 2.05) is 13.8 Å². The van der Waals surface area contributed by atoms with Crippen molar-refractivity contribution in [1.82, 2.24) is 4.90 Å². The molecule has 6 heteroatoms. The van der Waals surface area contributed by atoms with E-state index in [-0.39, 0.29) is 11.8 Å². The van der Waals surface area contributed by atoms with E-state index in [2.05, 4.69) is 4.99 Å². The number of aliphatic imine (C=N–C) groups is 1. The molecule has 2 amide bonds. The van der Waals surface area contributed by atoms with Crippen LogP contribution in [-0.4, -0.2) is 23.3 Å². The number of carbonyl (C=O) groups is 1. The van der Waals surface area contributed by atoms with Crippen LogP contribution in [0, 0.1) is 11.7 Å². The Kier molecular flexibility index (Phi) is 3.75. The molecule has 0 radical (unpaired) electrons. The summed E-state index contributed by atoms with van der Waals surface area (Å²) in [5, 5.41) is 0.302. The van der Waals surface area contributed by atoms with Crippen LogP contribution in [0.2, 0.25) is 5.02 Å². The van der Waals surface area contributed by atoms with E-state index < -0.39 is 17.9 Å². The third kappa shape index (κ3) is 2.71. The lowest BCUT2D eigenvalue weighted by molar-refractivity contribution is 0.198. The molecule has 2 N–H and O–H groups in total. The summed E-state index contributed by atoms with van der Waals surface area (Å²) in [6, 6.07) is 3.25. The SMILES string of the molecule is CC(C)CN1C(=O)N=C(N)C1c1ccc(Cl)cc1F. The Morgan fingerprint density at radius 1 is 1.53 bits per heavy atom. The van der Waals surface area contributed by atoms with Gasteiger partial charge in [-0.25, -0.2) is 9.18 Å². The van der Waals surface area contributed by atoms with Crippen molar-refractivity contribution in [3.63, 3.8) is 0 Å². The number of urea groups is 1. The summed E-state index contributed by atoms with van der Waals surface area (Å²) >= 11 is 5.73. The smallest absolute Gasteiger partial charge is 0.346 e. The molecule has 0 saturated carbocycles. The normalized spacial score (nSPS) is 19.2. The first kappa shape index (κ1) is 13.8. The molecule has 0 spiro atoms. The number of hydrogen-bond donors (Lipinski definition) is 1. The molecule has 1 aliphatic rings. The Bertz CT molecular complexity index is 545. The number of benzene rings is 1. The molecular weight excluding hydrogens is 269 g/mol. The molecule has 0 bridgehead atoms. The van der Waals surface area contributed by atoms with Crippen molar-refractivity contribution in [2.45, 2.75) is 19.9 Å². The molecule has 0 aliphatic carbocycles. The van der Waals surface area contributed by atoms with Gasteiger partial charge in [-0.1, -0.05) is 31.5 Å². The van der Waals surface area contributed by atoms with Gasteiger partial charge in [-0.2, -0.15) is 4.99 Å². The number of halogens is 2. The zero-order valence-corrected chi connectivity index (χ0v) is 11.5. The maximum Gasteiger partial charge on any atom is 0.346 e. The Morgan fingerprint density at radius 2 is 2.21 bits per heavy atom. The largest absolute Gasteiger partial charge is 0.385 e. The molecular formula is C13H15ClFN3O. The van der Waals surface area contributed by atoms with Crippen LogP contribution in [-0.2, 0) is 0 Å². The molecule has 1 heterocycles. The predicted molar refractivity (Wildman–Crippen MR) is 72.7 cm³/mol. The van der Waals surface area contributed by atoms with Gasteiger partial charge < -0.3 is 10.6 Å². The molecule has 2 rings (SSSR count). The first-order valence-electron chi connectivity index (χ1n) is 5.99. The number of rotatable bonds is 3. The Hall–Kier alpha value is -1.62. The molecule has 102 valence electrons. The third-order valence-electron chi connectivity index (χ3n) is 2.88. The second-order valence-corrected chi connectivity index (χ2v) is 5.37. The van der Waals surface area contributed by atoms with Crippen LogP contribution in [0.15, 0.2) is 23.2 Å². The van der Waals surface area contributed by atoms with Gasteiger partial charge in [-0.15, -0.1) is 0 Å². The first-order valence-corrected chi connectivity index (χ1v) is 6.37. The van der Waals surface area contributed by atoms with Crippen LogP contribution >= 0.6 is 11.6 Å². The number of amidine groups is 1. The van der Waals surface area contributed by atoms with Crippen molar-refractivity contribution in [3.05, 3.63) is 34.6 Å². The van der Waals surface area contributed by atoms with Gasteiger partial charge in [0, 0.05) is 17.1 Å². The maximum absolute atomic E-state index is 14.0. The van der Waals surface area contributed by atoms with Crippen LogP contribution in [0.3, 0.4) is 0 Å². The minimum atomic E-state index is -0.646. The highest BCUT2D eigenvalue weighted by Crippen LogP contribution is 2.30. The van der Waals surface area contributed by atoms with Crippen LogP contribution in [0.5, 0.6) is 0 Å². The predicted octanol–water partition coefficient (Wildman–Crippen LogP) is 2.97. The zero-order chi connectivity index (χ0) is 14.2. The maximum atomic E-state index is 14.0. The number of hydrogen-bond acceptors (Lipinski definition) is 2. The molecule has 1 aromatic rings. The lowest BCUT2D eigenvalue weighted by Gasteiger charge is -2.26. The van der Waals surface area contributed by atoms with E-state index in [9.17, 15) is 9.18 Å². The van der Waals surface area contributed by atoms with Crippen molar-refractivity contribution in [2.24, 2.45) is 16.6 Å². The van der Waals surface area contributed by atoms with Crippen molar-refractivity contribution in [2.75, 3.05) is 6.54 Å². The molecule has 1 unspecified atom stereocenters. The van der Waals surface area contributed by atoms with Gasteiger partial charge in [0.05, 0.1) is 0 Å². The average Bonchev–Trinajstić information content (AvgIpc) is 2.54. The minimum Gasteiger partial charge on any atom is -0.385 e. The lowest BCUT2D eigenvalue weighted by Crippen LogP contribution is -2.36. The number of amides is 2. The number of carbonyl (C=O) groups excluding carboxylic acids is 1. The van der Waals surface area contributed by atoms with Crippen molar-refractivity contribution >= 4 is 23.5 Å². The number of nitrogens with two attached hydrogens (primary N) is 1. The highest BCUT2D eigenvalue weighted by molar-refractivity contribution is 6.30. The number of nitrogens with zero attached hydrogens (tertiary/aromatic N) is 2. The van der Waals surface area contributed by atoms with Crippen LogP contribution in [0.25, 0.3) is 0 Å². The molecule has 0 aromatic heterocycles. The lowest BCUT2D eigenvalue weighted by atomic mass is 10.0. The summed E-state index contributed by atoms with van der Waals surface area (Å²) in [5.41, 5.74) is 6.08. The van der Waals surface area contributed by atoms with Gasteiger partial charge in [0.15, 0.2) is 0 Å². The Morgan fingerprint density at radius 3 is 2.79 bits per heavy atom. The molecule has 0 saturated heterocycles. The zero-order valence-electron chi connectivity index (χ0n) is 10.7. The molecule has 1 atom stereocenters. The first-order chi connectivity index (χ1) is 8.90. The van der Waals surface area contributed by atoms with Gasteiger partial charge in [-0.05, 0) is 18.1 Å². The monoisotopic (exact) mass is 283 g/mol. The summed E-state index contributed by atoms with van der Waals surface area (Å²) in [7, 11) is 0. The Labute approximate surface area is 116 Å². The highest BCUT2D eigenvalue weighted by Gasteiger charge is 2.36. The fourth-order valence-corrected chi connectivity index (χ4v) is 2.29. The van der Waals surface area contributed by atoms with E-state index in [0.29, 0.717) is 17.1 Å². The second-order valence-electron chi connectivity index (χ2n) is 4.93. The van der Waals surface area contributed by atoms with Gasteiger partial charge in [0.2, 0.25) is 0 Å². The summed E-state index contributed by atoms with van der Waals surface area (Å²) < 4.78 is 14.0. The molecule has 19 heavy (non-hydrogen) atoms. The molecule has 1 aliphatic heterocycles. The molecule has 4 nitrogen and oxygen atoms in total. The van der Waals surface area contributed by atoms with E-state index >= 15 is 0 Å². The summed E-state index contributed by atoms with van der Waals surface area (Å²) in [4.78, 5) is 17.0. The van der Waals surface area contributed by atoms with Gasteiger partial charge in [-0.3, -0.25) is 0 Å². The van der Waals surface area contributed by atoms with Gasteiger partial charge >= 0.3 is 6.03 Å². The Balaban J connectivity index is 2.39. The van der Waals surface area contributed by atoms with Crippen LogP contribution in [0.1, 0.15) is 25.5 Å². The third-order valence-corrected chi connectivity index (χ3v) is 3.12. The fraction of sp³-hybridized carbons (Fsp3) is 0.385. The van der Waals surface area contributed by atoms with E-state index in [1.165, 1.54) is 17.0 Å². The molecule has 1 aromatic carbocycles. The van der Waals surface area contributed by atoms with Crippen molar-refractivity contribution in [1.29, 1.82) is 0 Å². The minimum absolute atomic E-state index is 0.117. The quantitative estimate of drug-likeness (QED) is 0.927. The summed E-state index contributed by atoms with van der Waals surface area (Å²) in [6.07, 6.45) is 0. The van der Waals surface area contributed by atoms with Crippen molar-refractivity contribution < 1.29 is 9.18 Å². The van der Waals surface area contributed by atoms with Gasteiger partial charge in [0.25, 0.3) is 0 Å². The van der Waals surface area contributed by atoms with Crippen LogP contribution in [0.4, 0.5) is 9.18 Å². The average molecular weight is 284 g/mol. The summed E-state index contributed by atoms with van der Waals surface area (Å²) in [6.45, 7) is 4.41. The second kappa shape index (κ2) is 5.17. The highest BCUT2D eigenvalue weighted by atomic mass is 35.5. The van der Waals surface area contributed by atoms with E-state index in [1.54, 1.807) is 6.07 Å².